The van der Waals surface area contributed by atoms with Gasteiger partial charge in [-0.15, -0.1) is 0 Å². The van der Waals surface area contributed by atoms with Gasteiger partial charge in [-0.1, -0.05) is 0 Å². The molecule has 7 nitrogen and oxygen atoms in total. The van der Waals surface area contributed by atoms with Gasteiger partial charge >= 0.3 is 0 Å². The lowest BCUT2D eigenvalue weighted by Crippen LogP contribution is -2.57. The second-order valence-electron chi connectivity index (χ2n) is 8.30. The van der Waals surface area contributed by atoms with Gasteiger partial charge in [-0.05, 0) is 75.4 Å². The number of aromatic nitrogens is 1. The molecule has 1 aromatic heterocycles. The highest BCUT2D eigenvalue weighted by atomic mass is 32.2. The van der Waals surface area contributed by atoms with Gasteiger partial charge in [0.25, 0.3) is 0 Å². The van der Waals surface area contributed by atoms with Crippen LogP contribution >= 0.6 is 0 Å². The Morgan fingerprint density at radius 2 is 1.97 bits per heavy atom. The molecule has 2 bridgehead atoms. The molecule has 2 saturated heterocycles. The van der Waals surface area contributed by atoms with E-state index in [0.717, 1.165) is 12.2 Å². The maximum Gasteiger partial charge on any atom is 0.244 e. The SMILES string of the molecule is CC(C)Oc1ccc(NC(=O)C2CC3CCC2N(S(=O)(=O)c2cccnc2)C3)cc1. The highest BCUT2D eigenvalue weighted by Crippen LogP contribution is 2.42. The molecule has 8 heteroatoms. The number of carbonyl (C=O) groups is 1. The van der Waals surface area contributed by atoms with Gasteiger partial charge in [0.05, 0.1) is 12.0 Å². The molecule has 1 aliphatic carbocycles. The molecule has 3 aliphatic rings. The minimum absolute atomic E-state index is 0.0796. The Morgan fingerprint density at radius 1 is 1.20 bits per heavy atom. The molecule has 2 aliphatic heterocycles. The molecule has 0 spiro atoms. The Hall–Kier alpha value is -2.45. The van der Waals surface area contributed by atoms with Gasteiger partial charge in [0.1, 0.15) is 10.6 Å². The second kappa shape index (κ2) is 8.35. The zero-order valence-electron chi connectivity index (χ0n) is 17.2. The molecule has 1 saturated carbocycles. The fourth-order valence-electron chi connectivity index (χ4n) is 4.46. The van der Waals surface area contributed by atoms with Crippen LogP contribution in [0.4, 0.5) is 5.69 Å². The number of benzene rings is 1. The summed E-state index contributed by atoms with van der Waals surface area (Å²) in [5.41, 5.74) is 0.680. The van der Waals surface area contributed by atoms with E-state index in [0.29, 0.717) is 25.1 Å². The van der Waals surface area contributed by atoms with Crippen molar-refractivity contribution in [3.63, 3.8) is 0 Å². The molecule has 2 aromatic rings. The smallest absolute Gasteiger partial charge is 0.244 e. The molecule has 30 heavy (non-hydrogen) atoms. The fourth-order valence-corrected chi connectivity index (χ4v) is 6.19. The first-order valence-corrected chi connectivity index (χ1v) is 11.8. The number of anilines is 1. The van der Waals surface area contributed by atoms with Crippen molar-refractivity contribution >= 4 is 21.6 Å². The quantitative estimate of drug-likeness (QED) is 0.761. The summed E-state index contributed by atoms with van der Waals surface area (Å²) in [6.45, 7) is 4.38. The van der Waals surface area contributed by atoms with Gasteiger partial charge in [-0.25, -0.2) is 8.42 Å². The Labute approximate surface area is 177 Å². The third kappa shape index (κ3) is 4.20. The molecule has 3 atom stereocenters. The molecule has 5 rings (SSSR count). The number of carbonyl (C=O) groups excluding carboxylic acids is 1. The largest absolute Gasteiger partial charge is 0.491 e. The summed E-state index contributed by atoms with van der Waals surface area (Å²) >= 11 is 0. The van der Waals surface area contributed by atoms with Gasteiger partial charge in [-0.3, -0.25) is 9.78 Å². The number of fused-ring (bicyclic) bond motifs is 3. The van der Waals surface area contributed by atoms with E-state index >= 15 is 0 Å². The topological polar surface area (TPSA) is 88.6 Å². The Balaban J connectivity index is 1.50. The molecule has 160 valence electrons. The van der Waals surface area contributed by atoms with E-state index in [9.17, 15) is 13.2 Å². The lowest BCUT2D eigenvalue weighted by molar-refractivity contribution is -0.125. The Bertz CT molecular complexity index is 993. The van der Waals surface area contributed by atoms with Crippen LogP contribution in [0.15, 0.2) is 53.7 Å². The number of hydrogen-bond acceptors (Lipinski definition) is 5. The van der Waals surface area contributed by atoms with Crippen molar-refractivity contribution in [2.24, 2.45) is 11.8 Å². The number of hydrogen-bond donors (Lipinski definition) is 1. The normalized spacial score (nSPS) is 24.0. The van der Waals surface area contributed by atoms with Crippen molar-refractivity contribution in [2.45, 2.75) is 50.2 Å². The number of amides is 1. The van der Waals surface area contributed by atoms with Crippen LogP contribution < -0.4 is 10.1 Å². The molecule has 1 N–H and O–H groups in total. The maximum absolute atomic E-state index is 13.2. The monoisotopic (exact) mass is 429 g/mol. The standard InChI is InChI=1S/C22H27N3O4S/c1-15(2)29-18-8-6-17(7-9-18)24-22(26)20-12-16-5-10-21(20)25(14-16)30(27,28)19-4-3-11-23-13-19/h3-4,6-9,11,13,15-16,20-21H,5,10,12,14H2,1-2H3,(H,24,26). The minimum Gasteiger partial charge on any atom is -0.491 e. The summed E-state index contributed by atoms with van der Waals surface area (Å²) in [6, 6.07) is 10.1. The molecule has 0 radical (unpaired) electrons. The highest BCUT2D eigenvalue weighted by Gasteiger charge is 2.48. The predicted molar refractivity (Wildman–Crippen MR) is 114 cm³/mol. The molecule has 3 heterocycles. The highest BCUT2D eigenvalue weighted by molar-refractivity contribution is 7.89. The predicted octanol–water partition coefficient (Wildman–Crippen LogP) is 3.30. The van der Waals surface area contributed by atoms with E-state index in [-0.39, 0.29) is 34.8 Å². The van der Waals surface area contributed by atoms with Crippen LogP contribution in [0.2, 0.25) is 0 Å². The van der Waals surface area contributed by atoms with Crippen molar-refractivity contribution < 1.29 is 17.9 Å². The lowest BCUT2D eigenvalue weighted by Gasteiger charge is -2.48. The summed E-state index contributed by atoms with van der Waals surface area (Å²) in [6.07, 6.45) is 5.36. The van der Waals surface area contributed by atoms with Gasteiger partial charge in [0.2, 0.25) is 15.9 Å². The van der Waals surface area contributed by atoms with Gasteiger partial charge < -0.3 is 10.1 Å². The van der Waals surface area contributed by atoms with Crippen LogP contribution in [0.1, 0.15) is 33.1 Å². The first kappa shape index (κ1) is 20.8. The molecule has 1 amide bonds. The first-order chi connectivity index (χ1) is 14.3. The number of piperidine rings is 2. The number of nitrogens with one attached hydrogen (secondary N) is 1. The van der Waals surface area contributed by atoms with E-state index in [4.69, 9.17) is 4.74 Å². The summed E-state index contributed by atoms with van der Waals surface area (Å²) in [7, 11) is -3.68. The number of sulfonamides is 1. The van der Waals surface area contributed by atoms with E-state index in [1.54, 1.807) is 30.5 Å². The fraction of sp³-hybridized carbons (Fsp3) is 0.455. The third-order valence-corrected chi connectivity index (χ3v) is 7.68. The maximum atomic E-state index is 13.2. The van der Waals surface area contributed by atoms with Crippen molar-refractivity contribution in [2.75, 3.05) is 11.9 Å². The summed E-state index contributed by atoms with van der Waals surface area (Å²) in [5.74, 6) is 0.441. The van der Waals surface area contributed by atoms with Crippen molar-refractivity contribution in [1.29, 1.82) is 0 Å². The summed E-state index contributed by atoms with van der Waals surface area (Å²) < 4.78 is 33.5. The number of pyridine rings is 1. The summed E-state index contributed by atoms with van der Waals surface area (Å²) in [5, 5.41) is 2.96. The molecular formula is C22H27N3O4S. The van der Waals surface area contributed by atoms with E-state index < -0.39 is 10.0 Å². The van der Waals surface area contributed by atoms with Gasteiger partial charge in [0, 0.05) is 30.7 Å². The summed E-state index contributed by atoms with van der Waals surface area (Å²) in [4.78, 5) is 17.2. The number of ether oxygens (including phenoxy) is 1. The van der Waals surface area contributed by atoms with Crippen molar-refractivity contribution in [1.82, 2.24) is 9.29 Å². The second-order valence-corrected chi connectivity index (χ2v) is 10.2. The van der Waals surface area contributed by atoms with Crippen LogP contribution in [0.25, 0.3) is 0 Å². The number of nitrogens with zero attached hydrogens (tertiary/aromatic N) is 2. The number of rotatable bonds is 6. The zero-order chi connectivity index (χ0) is 21.3. The first-order valence-electron chi connectivity index (χ1n) is 10.3. The third-order valence-electron chi connectivity index (χ3n) is 5.80. The average Bonchev–Trinajstić information content (AvgIpc) is 2.75. The molecule has 3 fully saturated rings. The van der Waals surface area contributed by atoms with Gasteiger partial charge in [-0.2, -0.15) is 4.31 Å². The van der Waals surface area contributed by atoms with E-state index in [1.807, 2.05) is 26.0 Å². The Kier molecular flexibility index (Phi) is 5.79. The van der Waals surface area contributed by atoms with Crippen LogP contribution in [0.3, 0.4) is 0 Å². The van der Waals surface area contributed by atoms with Crippen LogP contribution in [-0.4, -0.2) is 42.3 Å². The minimum atomic E-state index is -3.68. The average molecular weight is 430 g/mol. The van der Waals surface area contributed by atoms with Crippen molar-refractivity contribution in [3.05, 3.63) is 48.8 Å². The molecular weight excluding hydrogens is 402 g/mol. The molecule has 3 unspecified atom stereocenters. The Morgan fingerprint density at radius 3 is 2.60 bits per heavy atom. The molecule has 1 aromatic carbocycles. The van der Waals surface area contributed by atoms with E-state index in [1.165, 1.54) is 10.5 Å². The van der Waals surface area contributed by atoms with E-state index in [2.05, 4.69) is 10.3 Å². The van der Waals surface area contributed by atoms with Crippen molar-refractivity contribution in [3.8, 4) is 5.75 Å². The van der Waals surface area contributed by atoms with Crippen LogP contribution in [0, 0.1) is 11.8 Å². The van der Waals surface area contributed by atoms with Crippen LogP contribution in [0.5, 0.6) is 5.75 Å². The van der Waals surface area contributed by atoms with Crippen LogP contribution in [-0.2, 0) is 14.8 Å². The lowest BCUT2D eigenvalue weighted by atomic mass is 9.73. The zero-order valence-corrected chi connectivity index (χ0v) is 18.0. The van der Waals surface area contributed by atoms with Gasteiger partial charge in [0.15, 0.2) is 0 Å².